The van der Waals surface area contributed by atoms with E-state index in [1.54, 1.807) is 12.1 Å². The molecule has 0 radical (unpaired) electrons. The summed E-state index contributed by atoms with van der Waals surface area (Å²) in [4.78, 5) is 12.0. The number of piperidine rings is 1. The summed E-state index contributed by atoms with van der Waals surface area (Å²) in [6.45, 7) is 1.34. The summed E-state index contributed by atoms with van der Waals surface area (Å²) in [5.41, 5.74) is 0.707. The Morgan fingerprint density at radius 3 is 2.81 bits per heavy atom. The Kier molecular flexibility index (Phi) is 6.53. The van der Waals surface area contributed by atoms with Crippen LogP contribution in [0.4, 0.5) is 21.6 Å². The van der Waals surface area contributed by atoms with Gasteiger partial charge in [0.25, 0.3) is 5.88 Å². The first-order valence-electron chi connectivity index (χ1n) is 9.89. The predicted molar refractivity (Wildman–Crippen MR) is 114 cm³/mol. The quantitative estimate of drug-likeness (QED) is 0.372. The number of nitrogens with zero attached hydrogens (tertiary/aromatic N) is 3. The van der Waals surface area contributed by atoms with Crippen molar-refractivity contribution >= 4 is 29.9 Å². The molecule has 2 bridgehead atoms. The normalized spacial score (nSPS) is 22.7. The van der Waals surface area contributed by atoms with E-state index >= 15 is 0 Å². The van der Waals surface area contributed by atoms with Gasteiger partial charge < -0.3 is 30.2 Å². The third-order valence-corrected chi connectivity index (χ3v) is 5.06. The van der Waals surface area contributed by atoms with Gasteiger partial charge in [0.05, 0.1) is 32.3 Å². The van der Waals surface area contributed by atoms with Crippen LogP contribution in [-0.4, -0.2) is 61.2 Å². The molecule has 2 saturated heterocycles. The fourth-order valence-corrected chi connectivity index (χ4v) is 3.74. The average molecular weight is 429 g/mol. The van der Waals surface area contributed by atoms with Crippen LogP contribution in [0.1, 0.15) is 12.8 Å². The topological polar surface area (TPSA) is 126 Å². The molecule has 0 aliphatic carbocycles. The third-order valence-electron chi connectivity index (χ3n) is 5.06. The molecular formula is C20H24FN7O3. The predicted octanol–water partition coefficient (Wildman–Crippen LogP) is 2.31. The molecule has 4 N–H and O–H groups in total. The number of fused-ring (bicyclic) bond motifs is 2. The highest BCUT2D eigenvalue weighted by atomic mass is 19.1. The number of aromatic nitrogens is 2. The zero-order valence-corrected chi connectivity index (χ0v) is 17.0. The number of methoxy groups -OCH3 is 1. The molecule has 0 saturated carbocycles. The first-order valence-corrected chi connectivity index (χ1v) is 9.89. The van der Waals surface area contributed by atoms with Crippen molar-refractivity contribution in [1.82, 2.24) is 15.3 Å². The maximum atomic E-state index is 14.6. The molecule has 1 aromatic carbocycles. The minimum atomic E-state index is -0.498. The summed E-state index contributed by atoms with van der Waals surface area (Å²) in [5.74, 6) is 0.423. The van der Waals surface area contributed by atoms with Gasteiger partial charge in [0, 0.05) is 30.6 Å². The van der Waals surface area contributed by atoms with Gasteiger partial charge in [-0.3, -0.25) is 5.41 Å². The van der Waals surface area contributed by atoms with Gasteiger partial charge in [-0.2, -0.15) is 4.98 Å². The van der Waals surface area contributed by atoms with Crippen molar-refractivity contribution in [2.75, 3.05) is 31.0 Å². The highest BCUT2D eigenvalue weighted by Gasteiger charge is 2.34. The average Bonchev–Trinajstić information content (AvgIpc) is 2.76. The first-order chi connectivity index (χ1) is 15.2. The number of ether oxygens (including phenoxy) is 3. The van der Waals surface area contributed by atoms with E-state index in [9.17, 15) is 4.39 Å². The first kappa shape index (κ1) is 20.9. The minimum Gasteiger partial charge on any atom is -0.489 e. The molecule has 11 heteroatoms. The number of hydrogen-bond donors (Lipinski definition) is 4. The monoisotopic (exact) mass is 429 g/mol. The van der Waals surface area contributed by atoms with Crippen molar-refractivity contribution < 1.29 is 18.6 Å². The number of aliphatic imine (C=N–C) groups is 1. The summed E-state index contributed by atoms with van der Waals surface area (Å²) in [6, 6.07) is 5.05. The zero-order chi connectivity index (χ0) is 21.6. The Morgan fingerprint density at radius 1 is 1.29 bits per heavy atom. The van der Waals surface area contributed by atoms with E-state index in [1.165, 1.54) is 25.8 Å². The smallest absolute Gasteiger partial charge is 0.262 e. The maximum absolute atomic E-state index is 14.6. The molecule has 10 nitrogen and oxygen atoms in total. The second kappa shape index (κ2) is 9.67. The van der Waals surface area contributed by atoms with E-state index in [2.05, 4.69) is 30.9 Å². The van der Waals surface area contributed by atoms with Crippen LogP contribution in [0.25, 0.3) is 0 Å². The summed E-state index contributed by atoms with van der Waals surface area (Å²) in [6.07, 6.45) is 5.11. The molecule has 2 atom stereocenters. The van der Waals surface area contributed by atoms with Crippen molar-refractivity contribution in [2.45, 2.75) is 31.0 Å². The number of anilines is 3. The van der Waals surface area contributed by atoms with E-state index in [1.807, 2.05) is 0 Å². The Balaban J connectivity index is 1.49. The molecule has 2 aliphatic heterocycles. The van der Waals surface area contributed by atoms with Crippen molar-refractivity contribution in [3.8, 4) is 11.6 Å². The van der Waals surface area contributed by atoms with Crippen molar-refractivity contribution in [1.29, 1.82) is 5.41 Å². The number of hydrogen-bond acceptors (Lipinski definition) is 8. The summed E-state index contributed by atoms with van der Waals surface area (Å²) in [7, 11) is 1.49. The number of nitrogens with one attached hydrogen (secondary N) is 4. The van der Waals surface area contributed by atoms with Gasteiger partial charge in [-0.25, -0.2) is 14.4 Å². The highest BCUT2D eigenvalue weighted by Crippen LogP contribution is 2.35. The number of benzene rings is 1. The van der Waals surface area contributed by atoms with Crippen molar-refractivity contribution in [2.24, 2.45) is 4.99 Å². The molecule has 2 aliphatic rings. The van der Waals surface area contributed by atoms with Gasteiger partial charge in [0.1, 0.15) is 24.6 Å². The van der Waals surface area contributed by atoms with Crippen LogP contribution >= 0.6 is 0 Å². The summed E-state index contributed by atoms with van der Waals surface area (Å²) >= 11 is 0. The van der Waals surface area contributed by atoms with Crippen molar-refractivity contribution in [3.63, 3.8) is 0 Å². The lowest BCUT2D eigenvalue weighted by atomic mass is 9.95. The lowest BCUT2D eigenvalue weighted by Gasteiger charge is -2.39. The van der Waals surface area contributed by atoms with E-state index in [0.29, 0.717) is 36.3 Å². The van der Waals surface area contributed by atoms with Crippen LogP contribution in [0, 0.1) is 11.2 Å². The molecule has 0 spiro atoms. The second-order valence-corrected chi connectivity index (χ2v) is 7.24. The van der Waals surface area contributed by atoms with E-state index in [4.69, 9.17) is 19.6 Å². The van der Waals surface area contributed by atoms with Gasteiger partial charge in [-0.1, -0.05) is 0 Å². The van der Waals surface area contributed by atoms with Crippen LogP contribution < -0.4 is 25.4 Å². The Labute approximate surface area is 178 Å². The standard InChI is InChI=1S/C20H24FN7O3/c1-29-18-19(28-17-3-2-12(6-16(17)21)24-10-23-9-22)25-11-26-20(18)31-15-4-13-7-30-8-14(5-15)27-13/h2-3,6,9-11,13-15,27H,4-5,7-8H2,1H3,(H2,22,23,24)(H,25,26,28). The number of halogens is 1. The Morgan fingerprint density at radius 2 is 2.10 bits per heavy atom. The maximum Gasteiger partial charge on any atom is 0.262 e. The molecular weight excluding hydrogens is 405 g/mol. The number of morpholine rings is 1. The molecule has 164 valence electrons. The molecule has 2 fully saturated rings. The summed E-state index contributed by atoms with van der Waals surface area (Å²) in [5, 5.41) is 16.1. The summed E-state index contributed by atoms with van der Waals surface area (Å²) < 4.78 is 31.8. The van der Waals surface area contributed by atoms with Gasteiger partial charge >= 0.3 is 0 Å². The molecule has 4 rings (SSSR count). The van der Waals surface area contributed by atoms with Crippen LogP contribution in [0.3, 0.4) is 0 Å². The zero-order valence-electron chi connectivity index (χ0n) is 17.0. The third kappa shape index (κ3) is 5.06. The molecule has 2 aromatic rings. The van der Waals surface area contributed by atoms with Gasteiger partial charge in [0.2, 0.25) is 5.75 Å². The van der Waals surface area contributed by atoms with Gasteiger partial charge in [0.15, 0.2) is 5.82 Å². The minimum absolute atomic E-state index is 0.0264. The largest absolute Gasteiger partial charge is 0.489 e. The lowest BCUT2D eigenvalue weighted by molar-refractivity contribution is -0.0137. The fourth-order valence-electron chi connectivity index (χ4n) is 3.74. The molecule has 1 aromatic heterocycles. The van der Waals surface area contributed by atoms with Crippen LogP contribution in [0.5, 0.6) is 11.6 Å². The van der Waals surface area contributed by atoms with Crippen LogP contribution in [0.15, 0.2) is 29.5 Å². The lowest BCUT2D eigenvalue weighted by Crippen LogP contribution is -2.56. The molecule has 2 unspecified atom stereocenters. The Bertz CT molecular complexity index is 946. The SMILES string of the molecule is COc1c(Nc2ccc(N/C=N\C=N)cc2F)ncnc1OC1CC2COCC(C1)N2. The molecule has 3 heterocycles. The van der Waals surface area contributed by atoms with Gasteiger partial charge in [-0.05, 0) is 18.2 Å². The van der Waals surface area contributed by atoms with E-state index < -0.39 is 5.82 Å². The highest BCUT2D eigenvalue weighted by molar-refractivity contribution is 5.81. The number of rotatable bonds is 8. The second-order valence-electron chi connectivity index (χ2n) is 7.24. The Hall–Kier alpha value is -3.31. The van der Waals surface area contributed by atoms with E-state index in [-0.39, 0.29) is 23.9 Å². The van der Waals surface area contributed by atoms with Gasteiger partial charge in [-0.15, -0.1) is 0 Å². The molecule has 31 heavy (non-hydrogen) atoms. The molecule has 0 amide bonds. The fraction of sp³-hybridized carbons (Fsp3) is 0.400. The van der Waals surface area contributed by atoms with E-state index in [0.717, 1.165) is 19.2 Å². The van der Waals surface area contributed by atoms with Crippen LogP contribution in [0.2, 0.25) is 0 Å². The van der Waals surface area contributed by atoms with Crippen molar-refractivity contribution in [3.05, 3.63) is 30.3 Å². The van der Waals surface area contributed by atoms with Crippen LogP contribution in [-0.2, 0) is 4.74 Å².